The molecule has 7 nitrogen and oxygen atoms in total. The van der Waals surface area contributed by atoms with Crippen LogP contribution in [0.3, 0.4) is 0 Å². The molecule has 7 heteroatoms. The van der Waals surface area contributed by atoms with Gasteiger partial charge in [0.15, 0.2) is 5.78 Å². The summed E-state index contributed by atoms with van der Waals surface area (Å²) >= 11 is 0. The maximum absolute atomic E-state index is 13.1. The van der Waals surface area contributed by atoms with E-state index in [0.29, 0.717) is 16.7 Å². The van der Waals surface area contributed by atoms with E-state index in [1.807, 2.05) is 19.9 Å². The molecule has 4 rings (SSSR count). The van der Waals surface area contributed by atoms with Crippen molar-refractivity contribution < 1.29 is 24.4 Å². The number of ether oxygens (including phenoxy) is 1. The fraction of sp³-hybridized carbons (Fsp3) is 0.333. The number of nitro benzene ring substituents is 1. The van der Waals surface area contributed by atoms with Gasteiger partial charge in [-0.3, -0.25) is 14.9 Å². The highest BCUT2D eigenvalue weighted by Crippen LogP contribution is 2.54. The minimum atomic E-state index is -1.17. The van der Waals surface area contributed by atoms with Gasteiger partial charge in [0.05, 0.1) is 17.1 Å². The first kappa shape index (κ1) is 26.1. The number of hydrogen-bond donors (Lipinski definition) is 1. The molecule has 1 aliphatic carbocycles. The van der Waals surface area contributed by atoms with Crippen LogP contribution in [0.15, 0.2) is 54.6 Å². The van der Waals surface area contributed by atoms with Gasteiger partial charge in [-0.1, -0.05) is 70.2 Å². The van der Waals surface area contributed by atoms with Gasteiger partial charge >= 0.3 is 11.7 Å². The Morgan fingerprint density at radius 3 is 2.14 bits per heavy atom. The van der Waals surface area contributed by atoms with E-state index in [-0.39, 0.29) is 44.9 Å². The summed E-state index contributed by atoms with van der Waals surface area (Å²) in [4.78, 5) is 36.8. The molecule has 37 heavy (non-hydrogen) atoms. The van der Waals surface area contributed by atoms with Gasteiger partial charge < -0.3 is 9.84 Å². The van der Waals surface area contributed by atoms with Crippen molar-refractivity contribution in [3.05, 3.63) is 92.5 Å². The van der Waals surface area contributed by atoms with Crippen LogP contribution in [0.5, 0.6) is 5.75 Å². The van der Waals surface area contributed by atoms with E-state index in [1.165, 1.54) is 12.1 Å². The van der Waals surface area contributed by atoms with Crippen molar-refractivity contribution in [2.75, 3.05) is 6.61 Å². The lowest BCUT2D eigenvalue weighted by Crippen LogP contribution is -2.35. The SMILES string of the molecule is CCOc1c(-c2ccc(C(=O)c3ccccc3C(=O)O)cc2)cc2c(c1[N+](=O)[O-])C(C)(C)CCC2(C)C. The van der Waals surface area contributed by atoms with Crippen LogP contribution in [0, 0.1) is 10.1 Å². The molecule has 192 valence electrons. The summed E-state index contributed by atoms with van der Waals surface area (Å²) < 4.78 is 5.93. The Labute approximate surface area is 216 Å². The lowest BCUT2D eigenvalue weighted by molar-refractivity contribution is -0.387. The highest BCUT2D eigenvalue weighted by molar-refractivity contribution is 6.14. The predicted molar refractivity (Wildman–Crippen MR) is 142 cm³/mol. The van der Waals surface area contributed by atoms with Crippen LogP contribution in [0.25, 0.3) is 11.1 Å². The molecule has 0 atom stereocenters. The van der Waals surface area contributed by atoms with Gasteiger partial charge in [0.2, 0.25) is 5.75 Å². The van der Waals surface area contributed by atoms with E-state index in [1.54, 1.807) is 43.3 Å². The van der Waals surface area contributed by atoms with Crippen LogP contribution in [-0.2, 0) is 10.8 Å². The number of nitrogens with zero attached hydrogens (tertiary/aromatic N) is 1. The zero-order chi connectivity index (χ0) is 27.1. The average molecular weight is 502 g/mol. The third kappa shape index (κ3) is 4.61. The summed E-state index contributed by atoms with van der Waals surface area (Å²) in [5.74, 6) is -1.35. The molecule has 0 saturated heterocycles. The summed E-state index contributed by atoms with van der Waals surface area (Å²) in [5, 5.41) is 21.9. The molecule has 0 amide bonds. The van der Waals surface area contributed by atoms with Gasteiger partial charge in [-0.05, 0) is 53.9 Å². The standard InChI is InChI=1S/C30H31NO6/c1-6-37-27-22(17-23-24(25(27)31(35)36)30(4,5)16-15-29(23,2)3)18-11-13-19(14-12-18)26(32)20-9-7-8-10-21(20)28(33)34/h7-14,17H,6,15-16H2,1-5H3,(H,33,34). The zero-order valence-corrected chi connectivity index (χ0v) is 21.8. The Kier molecular flexibility index (Phi) is 6.67. The van der Waals surface area contributed by atoms with Crippen molar-refractivity contribution >= 4 is 17.4 Å². The molecule has 0 fully saturated rings. The van der Waals surface area contributed by atoms with E-state index in [2.05, 4.69) is 13.8 Å². The molecular formula is C30H31NO6. The Morgan fingerprint density at radius 2 is 1.57 bits per heavy atom. The van der Waals surface area contributed by atoms with Crippen molar-refractivity contribution in [3.8, 4) is 16.9 Å². The van der Waals surface area contributed by atoms with Crippen molar-refractivity contribution in [1.29, 1.82) is 0 Å². The molecule has 0 saturated carbocycles. The number of carboxylic acid groups (broad SMARTS) is 1. The summed E-state index contributed by atoms with van der Waals surface area (Å²) in [7, 11) is 0. The molecule has 3 aromatic carbocycles. The van der Waals surface area contributed by atoms with E-state index >= 15 is 0 Å². The lowest BCUT2D eigenvalue weighted by Gasteiger charge is -2.41. The highest BCUT2D eigenvalue weighted by Gasteiger charge is 2.44. The molecule has 1 aliphatic rings. The van der Waals surface area contributed by atoms with Gasteiger partial charge in [0.25, 0.3) is 0 Å². The predicted octanol–water partition coefficient (Wildman–Crippen LogP) is 6.94. The highest BCUT2D eigenvalue weighted by atomic mass is 16.6. The fourth-order valence-corrected chi connectivity index (χ4v) is 5.26. The summed E-state index contributed by atoms with van der Waals surface area (Å²) in [6.07, 6.45) is 1.72. The average Bonchev–Trinajstić information content (AvgIpc) is 2.86. The minimum Gasteiger partial charge on any atom is -0.487 e. The Bertz CT molecular complexity index is 1400. The van der Waals surface area contributed by atoms with Gasteiger partial charge in [-0.15, -0.1) is 0 Å². The molecule has 0 radical (unpaired) electrons. The van der Waals surface area contributed by atoms with Crippen molar-refractivity contribution in [2.24, 2.45) is 0 Å². The minimum absolute atomic E-state index is 0.00247. The second kappa shape index (κ2) is 9.47. The smallest absolute Gasteiger partial charge is 0.336 e. The molecule has 1 N–H and O–H groups in total. The molecule has 0 unspecified atom stereocenters. The molecular weight excluding hydrogens is 470 g/mol. The molecule has 0 spiro atoms. The van der Waals surface area contributed by atoms with E-state index < -0.39 is 11.8 Å². The number of carbonyl (C=O) groups excluding carboxylic acids is 1. The Balaban J connectivity index is 1.89. The van der Waals surface area contributed by atoms with Gasteiger partial charge in [-0.25, -0.2) is 4.79 Å². The van der Waals surface area contributed by atoms with Crippen LogP contribution in [0.1, 0.15) is 84.9 Å². The quantitative estimate of drug-likeness (QED) is 0.213. The first-order chi connectivity index (χ1) is 17.4. The fourth-order valence-electron chi connectivity index (χ4n) is 5.26. The van der Waals surface area contributed by atoms with Gasteiger partial charge in [0, 0.05) is 22.3 Å². The molecule has 3 aromatic rings. The zero-order valence-electron chi connectivity index (χ0n) is 21.8. The van der Waals surface area contributed by atoms with Crippen LogP contribution >= 0.6 is 0 Å². The van der Waals surface area contributed by atoms with Crippen molar-refractivity contribution in [1.82, 2.24) is 0 Å². The Hall–Kier alpha value is -4.00. The van der Waals surface area contributed by atoms with Crippen LogP contribution in [-0.4, -0.2) is 28.4 Å². The third-order valence-corrected chi connectivity index (χ3v) is 7.37. The van der Waals surface area contributed by atoms with Crippen LogP contribution in [0.4, 0.5) is 5.69 Å². The number of ketones is 1. The van der Waals surface area contributed by atoms with Crippen LogP contribution < -0.4 is 4.74 Å². The number of carbonyl (C=O) groups is 2. The number of nitro groups is 1. The molecule has 0 aromatic heterocycles. The molecule has 0 aliphatic heterocycles. The molecule has 0 heterocycles. The monoisotopic (exact) mass is 501 g/mol. The van der Waals surface area contributed by atoms with E-state index in [0.717, 1.165) is 24.0 Å². The summed E-state index contributed by atoms with van der Waals surface area (Å²) in [5.41, 5.74) is 2.65. The van der Waals surface area contributed by atoms with E-state index in [4.69, 9.17) is 4.74 Å². The van der Waals surface area contributed by atoms with E-state index in [9.17, 15) is 24.8 Å². The van der Waals surface area contributed by atoms with Gasteiger partial charge in [-0.2, -0.15) is 0 Å². The number of aromatic carboxylic acids is 1. The third-order valence-electron chi connectivity index (χ3n) is 7.37. The maximum Gasteiger partial charge on any atom is 0.336 e. The van der Waals surface area contributed by atoms with Crippen molar-refractivity contribution in [3.63, 3.8) is 0 Å². The topological polar surface area (TPSA) is 107 Å². The maximum atomic E-state index is 13.1. The summed E-state index contributed by atoms with van der Waals surface area (Å²) in [6.45, 7) is 10.4. The number of fused-ring (bicyclic) bond motifs is 1. The number of hydrogen-bond acceptors (Lipinski definition) is 5. The summed E-state index contributed by atoms with van der Waals surface area (Å²) in [6, 6.07) is 14.8. The number of benzene rings is 3. The number of rotatable bonds is 7. The second-order valence-electron chi connectivity index (χ2n) is 10.7. The lowest BCUT2D eigenvalue weighted by atomic mass is 9.62. The largest absolute Gasteiger partial charge is 0.487 e. The second-order valence-corrected chi connectivity index (χ2v) is 10.7. The first-order valence-corrected chi connectivity index (χ1v) is 12.4. The molecule has 0 bridgehead atoms. The van der Waals surface area contributed by atoms with Crippen molar-refractivity contribution in [2.45, 2.75) is 58.3 Å². The number of carboxylic acids is 1. The van der Waals surface area contributed by atoms with Gasteiger partial charge in [0.1, 0.15) is 0 Å². The Morgan fingerprint density at radius 1 is 0.973 bits per heavy atom. The first-order valence-electron chi connectivity index (χ1n) is 12.4. The normalized spacial score (nSPS) is 15.5. The van der Waals surface area contributed by atoms with Crippen LogP contribution in [0.2, 0.25) is 0 Å².